The highest BCUT2D eigenvalue weighted by atomic mass is 32.1. The van der Waals surface area contributed by atoms with Gasteiger partial charge in [-0.15, -0.1) is 11.3 Å². The number of carbonyl (C=O) groups excluding carboxylic acids is 1. The van der Waals surface area contributed by atoms with Crippen molar-refractivity contribution in [2.75, 3.05) is 0 Å². The molecule has 4 rings (SSSR count). The van der Waals surface area contributed by atoms with Gasteiger partial charge in [-0.3, -0.25) is 4.79 Å². The number of rotatable bonds is 3. The number of aryl methyl sites for hydroxylation is 1. The largest absolute Gasteiger partial charge is 0.350 e. The highest BCUT2D eigenvalue weighted by Gasteiger charge is 2.35. The van der Waals surface area contributed by atoms with Crippen molar-refractivity contribution in [1.29, 1.82) is 0 Å². The zero-order chi connectivity index (χ0) is 16.7. The van der Waals surface area contributed by atoms with Crippen LogP contribution < -0.4 is 21.9 Å². The van der Waals surface area contributed by atoms with Crippen molar-refractivity contribution in [3.05, 3.63) is 57.3 Å². The summed E-state index contributed by atoms with van der Waals surface area (Å²) in [7, 11) is 0. The van der Waals surface area contributed by atoms with Gasteiger partial charge in [-0.2, -0.15) is 0 Å². The number of hydrogen-bond donors (Lipinski definition) is 4. The van der Waals surface area contributed by atoms with E-state index < -0.39 is 0 Å². The predicted molar refractivity (Wildman–Crippen MR) is 95.5 cm³/mol. The first-order valence-electron chi connectivity index (χ1n) is 8.33. The molecule has 1 aliphatic carbocycles. The maximum absolute atomic E-state index is 12.6. The number of hydrogen-bond acceptors (Lipinski definition) is 5. The highest BCUT2D eigenvalue weighted by molar-refractivity contribution is 7.12. The molecule has 4 atom stereocenters. The van der Waals surface area contributed by atoms with Crippen molar-refractivity contribution in [2.24, 2.45) is 5.73 Å². The fourth-order valence-electron chi connectivity index (χ4n) is 3.61. The van der Waals surface area contributed by atoms with Crippen LogP contribution in [0.15, 0.2) is 36.4 Å². The molecule has 1 saturated heterocycles. The van der Waals surface area contributed by atoms with E-state index in [4.69, 9.17) is 5.73 Å². The minimum Gasteiger partial charge on any atom is -0.350 e. The second-order valence-corrected chi connectivity index (χ2v) is 7.94. The molecule has 1 aliphatic heterocycles. The van der Waals surface area contributed by atoms with E-state index in [2.05, 4.69) is 47.4 Å². The highest BCUT2D eigenvalue weighted by Crippen LogP contribution is 2.31. The molecular formula is C18H22N4OS. The van der Waals surface area contributed by atoms with Gasteiger partial charge in [0.15, 0.2) is 0 Å². The third-order valence-electron chi connectivity index (χ3n) is 4.94. The molecule has 1 aromatic heterocycles. The van der Waals surface area contributed by atoms with Crippen LogP contribution in [0, 0.1) is 6.92 Å². The van der Waals surface area contributed by atoms with Gasteiger partial charge in [0.2, 0.25) is 5.91 Å². The Morgan fingerprint density at radius 1 is 1.25 bits per heavy atom. The summed E-state index contributed by atoms with van der Waals surface area (Å²) in [4.78, 5) is 15.2. The second kappa shape index (κ2) is 6.29. The van der Waals surface area contributed by atoms with Crippen LogP contribution in [0.4, 0.5) is 0 Å². The van der Waals surface area contributed by atoms with Crippen LogP contribution in [-0.4, -0.2) is 18.0 Å². The molecule has 0 saturated carbocycles. The minimum atomic E-state index is -0.228. The number of fused-ring (bicyclic) bond motifs is 1. The molecule has 1 amide bonds. The molecule has 126 valence electrons. The van der Waals surface area contributed by atoms with Crippen LogP contribution in [0.5, 0.6) is 0 Å². The molecule has 0 bridgehead atoms. The Kier molecular flexibility index (Phi) is 4.14. The number of benzene rings is 1. The molecule has 5 N–H and O–H groups in total. The molecule has 5 nitrogen and oxygen atoms in total. The third kappa shape index (κ3) is 2.86. The normalized spacial score (nSPS) is 28.8. The number of amides is 1. The molecule has 24 heavy (non-hydrogen) atoms. The summed E-state index contributed by atoms with van der Waals surface area (Å²) in [6, 6.07) is 12.2. The van der Waals surface area contributed by atoms with E-state index in [9.17, 15) is 4.79 Å². The van der Waals surface area contributed by atoms with Gasteiger partial charge in [-0.25, -0.2) is 10.9 Å². The van der Waals surface area contributed by atoms with E-state index in [1.807, 2.05) is 12.1 Å². The molecule has 1 fully saturated rings. The standard InChI is InChI=1S/C18H22N4OS/c1-10-6-7-16(24-10)13-9-15(22-21-13)18(23)20-14-8-11-4-2-3-5-12(11)17(14)19/h2-7,13-15,17,21-22H,8-9,19H2,1H3,(H,20,23)/t13?,14-,15?,17-/m0/s1. The van der Waals surface area contributed by atoms with Gasteiger partial charge in [0.25, 0.3) is 0 Å². The summed E-state index contributed by atoms with van der Waals surface area (Å²) in [5.74, 6) is 0.0199. The number of nitrogens with one attached hydrogen (secondary N) is 3. The molecule has 6 heteroatoms. The summed E-state index contributed by atoms with van der Waals surface area (Å²) >= 11 is 1.77. The Bertz CT molecular complexity index is 759. The van der Waals surface area contributed by atoms with E-state index >= 15 is 0 Å². The Balaban J connectivity index is 1.38. The zero-order valence-electron chi connectivity index (χ0n) is 13.6. The zero-order valence-corrected chi connectivity index (χ0v) is 14.4. The summed E-state index contributed by atoms with van der Waals surface area (Å²) in [6.07, 6.45) is 1.55. The van der Waals surface area contributed by atoms with Gasteiger partial charge in [0.05, 0.1) is 18.1 Å². The van der Waals surface area contributed by atoms with Crippen molar-refractivity contribution in [3.8, 4) is 0 Å². The average molecular weight is 342 g/mol. The maximum Gasteiger partial charge on any atom is 0.238 e. The smallest absolute Gasteiger partial charge is 0.238 e. The predicted octanol–water partition coefficient (Wildman–Crippen LogP) is 1.71. The van der Waals surface area contributed by atoms with E-state index in [1.54, 1.807) is 11.3 Å². The van der Waals surface area contributed by atoms with Gasteiger partial charge >= 0.3 is 0 Å². The molecule has 0 radical (unpaired) electrons. The van der Waals surface area contributed by atoms with E-state index in [-0.39, 0.29) is 30.1 Å². The second-order valence-electron chi connectivity index (χ2n) is 6.62. The van der Waals surface area contributed by atoms with Crippen molar-refractivity contribution in [3.63, 3.8) is 0 Å². The lowest BCUT2D eigenvalue weighted by atomic mass is 10.1. The van der Waals surface area contributed by atoms with Crippen LogP contribution >= 0.6 is 11.3 Å². The van der Waals surface area contributed by atoms with Gasteiger partial charge < -0.3 is 11.1 Å². The first kappa shape index (κ1) is 15.8. The Morgan fingerprint density at radius 3 is 2.83 bits per heavy atom. The monoisotopic (exact) mass is 342 g/mol. The topological polar surface area (TPSA) is 79.2 Å². The molecule has 2 heterocycles. The SMILES string of the molecule is Cc1ccc(C2CC(C(=O)N[C@H]3Cc4ccccc4[C@@H]3N)NN2)s1. The Hall–Kier alpha value is -1.73. The molecule has 0 spiro atoms. The van der Waals surface area contributed by atoms with Crippen molar-refractivity contribution in [1.82, 2.24) is 16.2 Å². The van der Waals surface area contributed by atoms with Crippen LogP contribution in [0.3, 0.4) is 0 Å². The molecular weight excluding hydrogens is 320 g/mol. The summed E-state index contributed by atoms with van der Waals surface area (Å²) < 4.78 is 0. The van der Waals surface area contributed by atoms with E-state index in [0.717, 1.165) is 18.4 Å². The van der Waals surface area contributed by atoms with Crippen LogP contribution in [0.2, 0.25) is 0 Å². The van der Waals surface area contributed by atoms with Gasteiger partial charge in [-0.1, -0.05) is 24.3 Å². The van der Waals surface area contributed by atoms with E-state index in [1.165, 1.54) is 15.3 Å². The number of nitrogens with two attached hydrogens (primary N) is 1. The quantitative estimate of drug-likeness (QED) is 0.685. The fourth-order valence-corrected chi connectivity index (χ4v) is 4.55. The Labute approximate surface area is 145 Å². The van der Waals surface area contributed by atoms with Gasteiger partial charge in [0, 0.05) is 9.75 Å². The molecule has 2 aliphatic rings. The minimum absolute atomic E-state index is 0.0199. The van der Waals surface area contributed by atoms with E-state index in [0.29, 0.717) is 0 Å². The first-order chi connectivity index (χ1) is 11.6. The summed E-state index contributed by atoms with van der Waals surface area (Å²) in [6.45, 7) is 2.10. The van der Waals surface area contributed by atoms with Gasteiger partial charge in [-0.05, 0) is 43.0 Å². The maximum atomic E-state index is 12.6. The first-order valence-corrected chi connectivity index (χ1v) is 9.14. The average Bonchev–Trinajstić information content (AvgIpc) is 3.28. The Morgan fingerprint density at radius 2 is 2.08 bits per heavy atom. The number of hydrazine groups is 1. The lowest BCUT2D eigenvalue weighted by Crippen LogP contribution is -2.49. The van der Waals surface area contributed by atoms with Crippen molar-refractivity contribution < 1.29 is 4.79 Å². The fraction of sp³-hybridized carbons (Fsp3) is 0.389. The molecule has 2 unspecified atom stereocenters. The van der Waals surface area contributed by atoms with Gasteiger partial charge in [0.1, 0.15) is 6.04 Å². The van der Waals surface area contributed by atoms with Crippen molar-refractivity contribution >= 4 is 17.2 Å². The summed E-state index contributed by atoms with van der Waals surface area (Å²) in [5.41, 5.74) is 15.1. The lowest BCUT2D eigenvalue weighted by molar-refractivity contribution is -0.123. The van der Waals surface area contributed by atoms with Crippen LogP contribution in [-0.2, 0) is 11.2 Å². The summed E-state index contributed by atoms with van der Waals surface area (Å²) in [5, 5.41) is 3.13. The molecule has 2 aromatic rings. The van der Waals surface area contributed by atoms with Crippen LogP contribution in [0.1, 0.15) is 39.4 Å². The third-order valence-corrected chi connectivity index (χ3v) is 6.05. The molecule has 1 aromatic carbocycles. The number of carbonyl (C=O) groups is 1. The number of thiophene rings is 1. The van der Waals surface area contributed by atoms with Crippen LogP contribution in [0.25, 0.3) is 0 Å². The van der Waals surface area contributed by atoms with Crippen molar-refractivity contribution in [2.45, 2.75) is 43.9 Å². The lowest BCUT2D eigenvalue weighted by Gasteiger charge is -2.20.